The molecule has 0 amide bonds. The van der Waals surface area contributed by atoms with Crippen molar-refractivity contribution in [2.24, 2.45) is 0 Å². The maximum absolute atomic E-state index is 14.5. The van der Waals surface area contributed by atoms with Gasteiger partial charge in [-0.2, -0.15) is 0 Å². The van der Waals surface area contributed by atoms with Crippen LogP contribution in [0, 0.1) is 18.2 Å². The van der Waals surface area contributed by atoms with Gasteiger partial charge in [-0.1, -0.05) is 12.0 Å². The Morgan fingerprint density at radius 2 is 1.82 bits per heavy atom. The Kier molecular flexibility index (Phi) is 8.71. The quantitative estimate of drug-likeness (QED) is 0.470. The molecule has 0 aromatic heterocycles. The van der Waals surface area contributed by atoms with Crippen LogP contribution in [0.4, 0.5) is 4.39 Å². The summed E-state index contributed by atoms with van der Waals surface area (Å²) in [6.07, 6.45) is 10.3. The third-order valence-electron chi connectivity index (χ3n) is 4.91. The summed E-state index contributed by atoms with van der Waals surface area (Å²) in [5.41, 5.74) is 0.917. The number of terminal acetylenes is 1. The topological polar surface area (TPSA) is 46.2 Å². The van der Waals surface area contributed by atoms with Gasteiger partial charge in [0, 0.05) is 24.3 Å². The highest BCUT2D eigenvalue weighted by atomic mass is 19.1. The lowest BCUT2D eigenvalue weighted by molar-refractivity contribution is -0.204. The average Bonchev–Trinajstić information content (AvgIpc) is 2.74. The fourth-order valence-electron chi connectivity index (χ4n) is 3.35. The summed E-state index contributed by atoms with van der Waals surface area (Å²) in [6, 6.07) is 4.71. The molecule has 3 rings (SSSR count). The van der Waals surface area contributed by atoms with Crippen molar-refractivity contribution in [2.75, 3.05) is 33.0 Å². The van der Waals surface area contributed by atoms with E-state index in [1.807, 2.05) is 0 Å². The molecule has 154 valence electrons. The van der Waals surface area contributed by atoms with Crippen molar-refractivity contribution in [3.05, 3.63) is 35.1 Å². The van der Waals surface area contributed by atoms with Gasteiger partial charge in [-0.05, 0) is 50.7 Å². The summed E-state index contributed by atoms with van der Waals surface area (Å²) >= 11 is 0. The number of halogens is 1. The summed E-state index contributed by atoms with van der Waals surface area (Å²) in [5, 5.41) is 0. The fraction of sp³-hybridized carbons (Fsp3) is 0.636. The fourth-order valence-corrected chi connectivity index (χ4v) is 3.35. The first kappa shape index (κ1) is 21.2. The van der Waals surface area contributed by atoms with Crippen LogP contribution in [0.3, 0.4) is 0 Å². The Morgan fingerprint density at radius 3 is 2.46 bits per heavy atom. The molecular formula is C22H29FO5. The average molecular weight is 392 g/mol. The van der Waals surface area contributed by atoms with Crippen molar-refractivity contribution < 1.29 is 28.1 Å². The smallest absolute Gasteiger partial charge is 0.158 e. The minimum Gasteiger partial charge on any atom is -0.376 e. The molecule has 2 heterocycles. The van der Waals surface area contributed by atoms with Crippen molar-refractivity contribution in [3.8, 4) is 12.3 Å². The lowest BCUT2D eigenvalue weighted by atomic mass is 10.1. The molecular weight excluding hydrogens is 363 g/mol. The van der Waals surface area contributed by atoms with Crippen molar-refractivity contribution in [1.29, 1.82) is 0 Å². The lowest BCUT2D eigenvalue weighted by Crippen LogP contribution is -2.27. The Labute approximate surface area is 166 Å². The number of hydrogen-bond donors (Lipinski definition) is 0. The molecule has 28 heavy (non-hydrogen) atoms. The molecule has 0 bridgehead atoms. The summed E-state index contributed by atoms with van der Waals surface area (Å²) in [4.78, 5) is 0. The highest BCUT2D eigenvalue weighted by molar-refractivity contribution is 5.36. The van der Waals surface area contributed by atoms with Crippen molar-refractivity contribution in [1.82, 2.24) is 0 Å². The van der Waals surface area contributed by atoms with Gasteiger partial charge in [0.1, 0.15) is 11.9 Å². The summed E-state index contributed by atoms with van der Waals surface area (Å²) in [5.74, 6) is 2.04. The normalized spacial score (nSPS) is 23.9. The van der Waals surface area contributed by atoms with Crippen LogP contribution in [0.2, 0.25) is 0 Å². The van der Waals surface area contributed by atoms with E-state index in [1.54, 1.807) is 12.1 Å². The van der Waals surface area contributed by atoms with Gasteiger partial charge in [0.15, 0.2) is 12.6 Å². The molecule has 2 saturated heterocycles. The van der Waals surface area contributed by atoms with Gasteiger partial charge < -0.3 is 23.7 Å². The second-order valence-electron chi connectivity index (χ2n) is 7.04. The molecule has 5 nitrogen and oxygen atoms in total. The van der Waals surface area contributed by atoms with E-state index in [0.717, 1.165) is 45.1 Å². The van der Waals surface area contributed by atoms with Crippen LogP contribution >= 0.6 is 0 Å². The molecule has 0 spiro atoms. The zero-order chi connectivity index (χ0) is 19.6. The second-order valence-corrected chi connectivity index (χ2v) is 7.04. The molecule has 1 aromatic rings. The van der Waals surface area contributed by atoms with E-state index in [2.05, 4.69) is 5.92 Å². The standard InChI is InChI=1S/C22H29FO5/c1-2-17-9-10-18(19(23)15-17)20(28-22-8-4-6-12-26-22)16-24-13-14-27-21-7-3-5-11-25-21/h1,9-10,15,20-22H,3-8,11-14,16H2. The molecule has 3 unspecified atom stereocenters. The maximum atomic E-state index is 14.5. The SMILES string of the molecule is C#Cc1ccc(C(COCCOC2CCCCO2)OC2CCCCO2)c(F)c1. The van der Waals surface area contributed by atoms with Crippen molar-refractivity contribution in [3.63, 3.8) is 0 Å². The molecule has 2 fully saturated rings. The molecule has 0 saturated carbocycles. The first-order valence-corrected chi connectivity index (χ1v) is 10.1. The van der Waals surface area contributed by atoms with Gasteiger partial charge in [-0.15, -0.1) is 6.42 Å². The number of hydrogen-bond acceptors (Lipinski definition) is 5. The van der Waals surface area contributed by atoms with E-state index < -0.39 is 11.9 Å². The molecule has 2 aliphatic heterocycles. The Bertz CT molecular complexity index is 632. The third-order valence-corrected chi connectivity index (χ3v) is 4.91. The number of ether oxygens (including phenoxy) is 5. The van der Waals surface area contributed by atoms with Crippen molar-refractivity contribution in [2.45, 2.75) is 57.2 Å². The van der Waals surface area contributed by atoms with E-state index in [1.165, 1.54) is 6.07 Å². The van der Waals surface area contributed by atoms with Gasteiger partial charge >= 0.3 is 0 Å². The first-order valence-electron chi connectivity index (χ1n) is 10.1. The monoisotopic (exact) mass is 392 g/mol. The van der Waals surface area contributed by atoms with Gasteiger partial charge in [0.2, 0.25) is 0 Å². The van der Waals surface area contributed by atoms with E-state index in [0.29, 0.717) is 30.9 Å². The van der Waals surface area contributed by atoms with Gasteiger partial charge in [0.25, 0.3) is 0 Å². The predicted octanol–water partition coefficient (Wildman–Crippen LogP) is 3.95. The van der Waals surface area contributed by atoms with Crippen LogP contribution < -0.4 is 0 Å². The Morgan fingerprint density at radius 1 is 1.07 bits per heavy atom. The van der Waals surface area contributed by atoms with E-state index in [9.17, 15) is 4.39 Å². The minimum atomic E-state index is -0.569. The van der Waals surface area contributed by atoms with E-state index >= 15 is 0 Å². The highest BCUT2D eigenvalue weighted by Gasteiger charge is 2.24. The van der Waals surface area contributed by atoms with Crippen LogP contribution in [0.5, 0.6) is 0 Å². The largest absolute Gasteiger partial charge is 0.376 e. The number of benzene rings is 1. The third kappa shape index (κ3) is 6.54. The van der Waals surface area contributed by atoms with Crippen LogP contribution in [-0.4, -0.2) is 45.6 Å². The maximum Gasteiger partial charge on any atom is 0.158 e. The highest BCUT2D eigenvalue weighted by Crippen LogP contribution is 2.27. The summed E-state index contributed by atoms with van der Waals surface area (Å²) < 4.78 is 43.1. The van der Waals surface area contributed by atoms with E-state index in [4.69, 9.17) is 30.1 Å². The van der Waals surface area contributed by atoms with Crippen molar-refractivity contribution >= 4 is 0 Å². The van der Waals surface area contributed by atoms with Gasteiger partial charge in [-0.25, -0.2) is 4.39 Å². The molecule has 0 aliphatic carbocycles. The van der Waals surface area contributed by atoms with Crippen LogP contribution in [0.25, 0.3) is 0 Å². The van der Waals surface area contributed by atoms with Crippen LogP contribution in [0.15, 0.2) is 18.2 Å². The molecule has 1 aromatic carbocycles. The zero-order valence-corrected chi connectivity index (χ0v) is 16.2. The minimum absolute atomic E-state index is 0.145. The molecule has 2 aliphatic rings. The lowest BCUT2D eigenvalue weighted by Gasteiger charge is -2.28. The molecule has 3 atom stereocenters. The molecule has 0 radical (unpaired) electrons. The molecule has 6 heteroatoms. The summed E-state index contributed by atoms with van der Waals surface area (Å²) in [6.45, 7) is 2.42. The van der Waals surface area contributed by atoms with Crippen LogP contribution in [0.1, 0.15) is 55.8 Å². The second kappa shape index (κ2) is 11.5. The Hall–Kier alpha value is -1.49. The zero-order valence-electron chi connectivity index (χ0n) is 16.2. The van der Waals surface area contributed by atoms with E-state index in [-0.39, 0.29) is 19.2 Å². The first-order chi connectivity index (χ1) is 13.8. The number of rotatable bonds is 9. The predicted molar refractivity (Wildman–Crippen MR) is 102 cm³/mol. The summed E-state index contributed by atoms with van der Waals surface area (Å²) in [7, 11) is 0. The molecule has 0 N–H and O–H groups in total. The van der Waals surface area contributed by atoms with Crippen LogP contribution in [-0.2, 0) is 23.7 Å². The van der Waals surface area contributed by atoms with Gasteiger partial charge in [0.05, 0.1) is 19.8 Å². The Balaban J connectivity index is 1.52. The van der Waals surface area contributed by atoms with Gasteiger partial charge in [-0.3, -0.25) is 0 Å².